The van der Waals surface area contributed by atoms with E-state index in [1.54, 1.807) is 30.1 Å². The van der Waals surface area contributed by atoms with Crippen molar-refractivity contribution in [1.29, 1.82) is 0 Å². The molecule has 0 saturated carbocycles. The van der Waals surface area contributed by atoms with E-state index < -0.39 is 10.0 Å². The fourth-order valence-electron chi connectivity index (χ4n) is 1.80. The van der Waals surface area contributed by atoms with Gasteiger partial charge in [0.1, 0.15) is 5.82 Å². The maximum absolute atomic E-state index is 13.2. The summed E-state index contributed by atoms with van der Waals surface area (Å²) in [6.45, 7) is 0. The summed E-state index contributed by atoms with van der Waals surface area (Å²) in [7, 11) is -2.18. The molecular weight excluding hydrogens is 281 g/mol. The Hall–Kier alpha value is -2.12. The average Bonchev–Trinajstić information content (AvgIpc) is 2.36. The van der Waals surface area contributed by atoms with Gasteiger partial charge in [-0.15, -0.1) is 0 Å². The molecule has 0 amide bonds. The minimum absolute atomic E-state index is 0.0873. The molecular formula is C13H14FN3O2S. The maximum Gasteiger partial charge on any atom is 0.238 e. The molecule has 0 bridgehead atoms. The van der Waals surface area contributed by atoms with E-state index in [0.717, 1.165) is 0 Å². The van der Waals surface area contributed by atoms with Crippen LogP contribution < -0.4 is 15.8 Å². The van der Waals surface area contributed by atoms with Gasteiger partial charge in [0.25, 0.3) is 0 Å². The molecule has 2 rings (SSSR count). The van der Waals surface area contributed by atoms with Crippen molar-refractivity contribution < 1.29 is 12.8 Å². The van der Waals surface area contributed by atoms with Crippen LogP contribution in [0.5, 0.6) is 0 Å². The lowest BCUT2D eigenvalue weighted by atomic mass is 10.2. The molecule has 0 saturated heterocycles. The molecule has 0 fully saturated rings. The predicted molar refractivity (Wildman–Crippen MR) is 76.7 cm³/mol. The summed E-state index contributed by atoms with van der Waals surface area (Å²) >= 11 is 0. The summed E-state index contributed by atoms with van der Waals surface area (Å²) in [5.74, 6) is -0.384. The van der Waals surface area contributed by atoms with Crippen LogP contribution in [0.25, 0.3) is 0 Å². The van der Waals surface area contributed by atoms with Crippen molar-refractivity contribution >= 4 is 27.1 Å². The molecule has 0 aliphatic rings. The minimum atomic E-state index is -3.85. The van der Waals surface area contributed by atoms with Gasteiger partial charge in [-0.3, -0.25) is 0 Å². The molecule has 7 heteroatoms. The molecule has 2 aromatic carbocycles. The van der Waals surface area contributed by atoms with Crippen molar-refractivity contribution in [3.8, 4) is 0 Å². The lowest BCUT2D eigenvalue weighted by molar-refractivity contribution is 0.598. The van der Waals surface area contributed by atoms with Crippen molar-refractivity contribution in [2.45, 2.75) is 4.90 Å². The number of primary sulfonamides is 1. The van der Waals surface area contributed by atoms with Gasteiger partial charge in [0, 0.05) is 24.1 Å². The number of hydrogen-bond acceptors (Lipinski definition) is 4. The lowest BCUT2D eigenvalue weighted by Gasteiger charge is -2.20. The van der Waals surface area contributed by atoms with Crippen LogP contribution in [0.1, 0.15) is 0 Å². The maximum atomic E-state index is 13.2. The van der Waals surface area contributed by atoms with Crippen LogP contribution in [0, 0.1) is 5.82 Å². The summed E-state index contributed by atoms with van der Waals surface area (Å²) < 4.78 is 36.0. The molecule has 5 nitrogen and oxygen atoms in total. The molecule has 0 atom stereocenters. The topological polar surface area (TPSA) is 89.4 Å². The Labute approximate surface area is 116 Å². The molecule has 0 spiro atoms. The standard InChI is InChI=1S/C13H14FN3O2S/c1-17(11-4-2-3-9(14)5-11)12-6-10(15)7-13(8-12)20(16,18)19/h2-8H,15H2,1H3,(H2,16,18,19). The number of sulfonamides is 1. The number of nitrogens with zero attached hydrogens (tertiary/aromatic N) is 1. The van der Waals surface area contributed by atoms with Gasteiger partial charge in [-0.25, -0.2) is 17.9 Å². The predicted octanol–water partition coefficient (Wildman–Crippen LogP) is 1.82. The number of benzene rings is 2. The average molecular weight is 295 g/mol. The van der Waals surface area contributed by atoms with Crippen molar-refractivity contribution in [1.82, 2.24) is 0 Å². The van der Waals surface area contributed by atoms with Gasteiger partial charge < -0.3 is 10.6 Å². The second kappa shape index (κ2) is 5.10. The summed E-state index contributed by atoms with van der Waals surface area (Å²) in [5, 5.41) is 5.10. The zero-order valence-corrected chi connectivity index (χ0v) is 11.6. The second-order valence-electron chi connectivity index (χ2n) is 4.34. The zero-order valence-electron chi connectivity index (χ0n) is 10.7. The Morgan fingerprint density at radius 2 is 1.80 bits per heavy atom. The van der Waals surface area contributed by atoms with E-state index >= 15 is 0 Å². The van der Waals surface area contributed by atoms with Crippen LogP contribution in [0.15, 0.2) is 47.4 Å². The molecule has 0 radical (unpaired) electrons. The van der Waals surface area contributed by atoms with Gasteiger partial charge in [-0.2, -0.15) is 0 Å². The first-order valence-electron chi connectivity index (χ1n) is 5.70. The van der Waals surface area contributed by atoms with E-state index in [-0.39, 0.29) is 16.4 Å². The van der Waals surface area contributed by atoms with Gasteiger partial charge in [0.05, 0.1) is 4.90 Å². The number of hydrogen-bond donors (Lipinski definition) is 2. The first-order chi connectivity index (χ1) is 9.27. The van der Waals surface area contributed by atoms with Crippen molar-refractivity contribution in [2.24, 2.45) is 5.14 Å². The van der Waals surface area contributed by atoms with E-state index in [1.165, 1.54) is 24.3 Å². The quantitative estimate of drug-likeness (QED) is 0.845. The molecule has 2 aromatic rings. The highest BCUT2D eigenvalue weighted by Crippen LogP contribution is 2.28. The fraction of sp³-hybridized carbons (Fsp3) is 0.0769. The van der Waals surface area contributed by atoms with Crippen LogP contribution in [-0.4, -0.2) is 15.5 Å². The summed E-state index contributed by atoms with van der Waals surface area (Å²) in [6, 6.07) is 10.2. The molecule has 106 valence electrons. The monoisotopic (exact) mass is 295 g/mol. The van der Waals surface area contributed by atoms with Crippen LogP contribution in [0.2, 0.25) is 0 Å². The molecule has 0 aromatic heterocycles. The van der Waals surface area contributed by atoms with Crippen molar-refractivity contribution in [3.05, 3.63) is 48.3 Å². The zero-order chi connectivity index (χ0) is 14.9. The number of halogens is 1. The Morgan fingerprint density at radius 3 is 2.40 bits per heavy atom. The molecule has 0 aliphatic carbocycles. The number of nitrogen functional groups attached to an aromatic ring is 1. The minimum Gasteiger partial charge on any atom is -0.399 e. The van der Waals surface area contributed by atoms with E-state index in [1.807, 2.05) is 0 Å². The van der Waals surface area contributed by atoms with Gasteiger partial charge >= 0.3 is 0 Å². The first-order valence-corrected chi connectivity index (χ1v) is 7.24. The van der Waals surface area contributed by atoms with Gasteiger partial charge in [-0.1, -0.05) is 6.07 Å². The molecule has 0 heterocycles. The molecule has 20 heavy (non-hydrogen) atoms. The van der Waals surface area contributed by atoms with Crippen LogP contribution >= 0.6 is 0 Å². The third-order valence-electron chi connectivity index (χ3n) is 2.82. The summed E-state index contributed by atoms with van der Waals surface area (Å²) in [6.07, 6.45) is 0. The summed E-state index contributed by atoms with van der Waals surface area (Å²) in [4.78, 5) is 1.53. The van der Waals surface area contributed by atoms with Gasteiger partial charge in [0.2, 0.25) is 10.0 Å². The Balaban J connectivity index is 2.50. The van der Waals surface area contributed by atoms with Crippen LogP contribution in [0.4, 0.5) is 21.5 Å². The third kappa shape index (κ3) is 3.06. The lowest BCUT2D eigenvalue weighted by Crippen LogP contribution is -2.15. The highest BCUT2D eigenvalue weighted by atomic mass is 32.2. The van der Waals surface area contributed by atoms with Crippen LogP contribution in [-0.2, 0) is 10.0 Å². The SMILES string of the molecule is CN(c1cccc(F)c1)c1cc(N)cc(S(N)(=O)=O)c1. The number of anilines is 3. The van der Waals surface area contributed by atoms with E-state index in [4.69, 9.17) is 10.9 Å². The smallest absolute Gasteiger partial charge is 0.238 e. The Bertz CT molecular complexity index is 747. The van der Waals surface area contributed by atoms with E-state index in [0.29, 0.717) is 11.4 Å². The number of rotatable bonds is 3. The molecule has 0 unspecified atom stereocenters. The normalized spacial score (nSPS) is 11.3. The van der Waals surface area contributed by atoms with Crippen LogP contribution in [0.3, 0.4) is 0 Å². The highest BCUT2D eigenvalue weighted by Gasteiger charge is 2.13. The molecule has 0 aliphatic heterocycles. The largest absolute Gasteiger partial charge is 0.399 e. The van der Waals surface area contributed by atoms with E-state index in [2.05, 4.69) is 0 Å². The second-order valence-corrected chi connectivity index (χ2v) is 5.91. The fourth-order valence-corrected chi connectivity index (χ4v) is 2.38. The molecule has 4 N–H and O–H groups in total. The number of nitrogens with two attached hydrogens (primary N) is 2. The Kier molecular flexibility index (Phi) is 3.65. The van der Waals surface area contributed by atoms with Gasteiger partial charge in [0.15, 0.2) is 0 Å². The summed E-state index contributed by atoms with van der Waals surface area (Å²) in [5.41, 5.74) is 7.01. The Morgan fingerprint density at radius 1 is 1.10 bits per heavy atom. The van der Waals surface area contributed by atoms with E-state index in [9.17, 15) is 12.8 Å². The highest BCUT2D eigenvalue weighted by molar-refractivity contribution is 7.89. The van der Waals surface area contributed by atoms with Crippen molar-refractivity contribution in [2.75, 3.05) is 17.7 Å². The first kappa shape index (κ1) is 14.3. The van der Waals surface area contributed by atoms with Crippen molar-refractivity contribution in [3.63, 3.8) is 0 Å². The third-order valence-corrected chi connectivity index (χ3v) is 3.72. The van der Waals surface area contributed by atoms with Gasteiger partial charge in [-0.05, 0) is 36.4 Å².